The molecule has 9 nitrogen and oxygen atoms in total. The van der Waals surface area contributed by atoms with Gasteiger partial charge in [0.15, 0.2) is 16.0 Å². The lowest BCUT2D eigenvalue weighted by atomic mass is 10.1. The molecule has 2 aromatic carbocycles. The summed E-state index contributed by atoms with van der Waals surface area (Å²) in [6, 6.07) is 13.4. The molecule has 0 aliphatic carbocycles. The third-order valence-electron chi connectivity index (χ3n) is 4.33. The van der Waals surface area contributed by atoms with Crippen LogP contribution in [0.15, 0.2) is 53.9 Å². The molecule has 1 aromatic heterocycles. The van der Waals surface area contributed by atoms with E-state index in [1.807, 2.05) is 67.9 Å². The molecule has 0 radical (unpaired) electrons. The van der Waals surface area contributed by atoms with Gasteiger partial charge in [0.25, 0.3) is 0 Å². The lowest BCUT2D eigenvalue weighted by molar-refractivity contribution is 0.262. The lowest BCUT2D eigenvalue weighted by Crippen LogP contribution is -2.19. The minimum absolute atomic E-state index is 0.178. The second-order valence-electron chi connectivity index (χ2n) is 6.77. The van der Waals surface area contributed by atoms with Crippen LogP contribution in [0.2, 0.25) is 0 Å². The first kappa shape index (κ1) is 24.4. The van der Waals surface area contributed by atoms with Gasteiger partial charge in [-0.2, -0.15) is 0 Å². The summed E-state index contributed by atoms with van der Waals surface area (Å²) in [4.78, 5) is 12.3. The number of carbonyl (C=O) groups is 1. The fraction of sp³-hybridized carbons (Fsp3) is 0.250. The summed E-state index contributed by atoms with van der Waals surface area (Å²) < 4.78 is 19.5. The van der Waals surface area contributed by atoms with Crippen molar-refractivity contribution in [2.24, 2.45) is 12.2 Å². The number of thiol groups is 1. The number of urea groups is 1. The van der Waals surface area contributed by atoms with Gasteiger partial charge >= 0.3 is 6.03 Å². The molecule has 1 heterocycles. The van der Waals surface area contributed by atoms with Gasteiger partial charge in [0.1, 0.15) is 6.33 Å². The fourth-order valence-corrected chi connectivity index (χ4v) is 3.49. The Bertz CT molecular complexity index is 1110. The summed E-state index contributed by atoms with van der Waals surface area (Å²) >= 11 is 1.62. The average Bonchev–Trinajstić information content (AvgIpc) is 3.09. The summed E-state index contributed by atoms with van der Waals surface area (Å²) in [7, 11) is -0.700. The van der Waals surface area contributed by atoms with Crippen molar-refractivity contribution in [1.29, 1.82) is 0 Å². The number of hydrogen-bond acceptors (Lipinski definition) is 6. The molecule has 0 aliphatic rings. The largest absolute Gasteiger partial charge is 0.323 e. The van der Waals surface area contributed by atoms with Crippen molar-refractivity contribution in [3.63, 3.8) is 0 Å². The van der Waals surface area contributed by atoms with Gasteiger partial charge in [-0.3, -0.25) is 0 Å². The van der Waals surface area contributed by atoms with Gasteiger partial charge in [-0.1, -0.05) is 30.0 Å². The Kier molecular flexibility index (Phi) is 9.03. The van der Waals surface area contributed by atoms with Crippen molar-refractivity contribution in [3.05, 3.63) is 65.5 Å². The highest BCUT2D eigenvalue weighted by Crippen LogP contribution is 2.34. The second-order valence-corrected chi connectivity index (χ2v) is 8.65. The van der Waals surface area contributed by atoms with Gasteiger partial charge in [-0.15, -0.1) is 10.2 Å². The maximum Gasteiger partial charge on any atom is 0.323 e. The number of aryl methyl sites for hydroxylation is 3. The topological polar surface area (TPSA) is 132 Å². The standard InChI is InChI=1S/C20H23N5OS.H3NO2S/c1-13-8-9-18(10-14(13)2)23-19(26)22-17-7-5-6-16(11-17)15(3)27-20-24-21-12-25(20)4;1-4(2)3/h5-12,15H,1-4H3,(H2,22,23,26);4H,(H2,1,2,3). The molecule has 166 valence electrons. The Morgan fingerprint density at radius 1 is 1.10 bits per heavy atom. The van der Waals surface area contributed by atoms with Crippen LogP contribution in [0.1, 0.15) is 28.9 Å². The normalized spacial score (nSPS) is 11.4. The Morgan fingerprint density at radius 2 is 1.74 bits per heavy atom. The highest BCUT2D eigenvalue weighted by Gasteiger charge is 2.12. The molecule has 0 fully saturated rings. The first-order valence-electron chi connectivity index (χ1n) is 9.30. The molecule has 0 spiro atoms. The molecule has 1 unspecified atom stereocenters. The Hall–Kier alpha value is -2.89. The number of carbonyl (C=O) groups excluding carboxylic acids is 1. The van der Waals surface area contributed by atoms with E-state index in [4.69, 9.17) is 8.42 Å². The van der Waals surface area contributed by atoms with E-state index in [1.165, 1.54) is 5.56 Å². The van der Waals surface area contributed by atoms with Crippen LogP contribution in [-0.2, 0) is 17.9 Å². The summed E-state index contributed by atoms with van der Waals surface area (Å²) in [5.74, 6) is 0. The molecule has 4 N–H and O–H groups in total. The van der Waals surface area contributed by atoms with E-state index >= 15 is 0 Å². The second kappa shape index (κ2) is 11.5. The number of nitrogens with one attached hydrogen (secondary N) is 2. The minimum atomic E-state index is -2.62. The van der Waals surface area contributed by atoms with Crippen LogP contribution >= 0.6 is 11.8 Å². The van der Waals surface area contributed by atoms with Crippen molar-refractivity contribution in [2.75, 3.05) is 10.6 Å². The quantitative estimate of drug-likeness (QED) is 0.339. The van der Waals surface area contributed by atoms with Crippen LogP contribution in [0.25, 0.3) is 0 Å². The predicted octanol–water partition coefficient (Wildman–Crippen LogP) is 3.40. The maximum atomic E-state index is 12.3. The number of nitrogens with zero attached hydrogens (tertiary/aromatic N) is 3. The molecule has 0 saturated heterocycles. The van der Waals surface area contributed by atoms with Gasteiger partial charge in [0.2, 0.25) is 0 Å². The smallest absolute Gasteiger partial charge is 0.312 e. The number of anilines is 2. The zero-order valence-corrected chi connectivity index (χ0v) is 19.4. The summed E-state index contributed by atoms with van der Waals surface area (Å²) in [5.41, 5.74) is 4.97. The predicted molar refractivity (Wildman–Crippen MR) is 125 cm³/mol. The summed E-state index contributed by atoms with van der Waals surface area (Å²) in [6.07, 6.45) is 1.68. The van der Waals surface area contributed by atoms with Crippen molar-refractivity contribution >= 4 is 40.1 Å². The number of thioether (sulfide) groups is 1. The molecule has 0 saturated carbocycles. The van der Waals surface area contributed by atoms with Gasteiger partial charge in [-0.25, -0.2) is 18.4 Å². The third kappa shape index (κ3) is 8.04. The molecular weight excluding hydrogens is 436 g/mol. The number of nitrogens with two attached hydrogens (primary N) is 1. The SMILES string of the molecule is Cc1ccc(NC(=O)Nc2cccc(C(C)Sc3nncn3C)c2)cc1C.N[SH](=O)=O. The summed E-state index contributed by atoms with van der Waals surface area (Å²) in [6.45, 7) is 6.18. The molecule has 3 aromatic rings. The van der Waals surface area contributed by atoms with Gasteiger partial charge in [-0.05, 0) is 61.7 Å². The van der Waals surface area contributed by atoms with E-state index in [1.54, 1.807) is 18.1 Å². The zero-order valence-electron chi connectivity index (χ0n) is 17.7. The van der Waals surface area contributed by atoms with E-state index < -0.39 is 10.9 Å². The van der Waals surface area contributed by atoms with Crippen LogP contribution in [0.4, 0.5) is 16.2 Å². The van der Waals surface area contributed by atoms with E-state index in [0.717, 1.165) is 27.7 Å². The van der Waals surface area contributed by atoms with Crippen LogP contribution < -0.4 is 15.8 Å². The van der Waals surface area contributed by atoms with Crippen molar-refractivity contribution in [2.45, 2.75) is 31.2 Å². The molecule has 31 heavy (non-hydrogen) atoms. The summed E-state index contributed by atoms with van der Waals surface area (Å²) in [5, 5.41) is 18.9. The maximum absolute atomic E-state index is 12.3. The molecule has 2 amide bonds. The van der Waals surface area contributed by atoms with Gasteiger partial charge in [0, 0.05) is 23.7 Å². The minimum Gasteiger partial charge on any atom is -0.312 e. The number of hydrogen-bond donors (Lipinski definition) is 4. The Labute approximate surface area is 187 Å². The van der Waals surface area contributed by atoms with Crippen LogP contribution in [0.5, 0.6) is 0 Å². The molecule has 1 atom stereocenters. The first-order chi connectivity index (χ1) is 14.7. The van der Waals surface area contributed by atoms with E-state index in [0.29, 0.717) is 0 Å². The van der Waals surface area contributed by atoms with Crippen molar-refractivity contribution in [3.8, 4) is 0 Å². The van der Waals surface area contributed by atoms with Gasteiger partial charge in [0.05, 0.1) is 0 Å². The number of benzene rings is 2. The molecule has 0 bridgehead atoms. The fourth-order valence-electron chi connectivity index (χ4n) is 2.59. The van der Waals surface area contributed by atoms with Crippen LogP contribution in [0.3, 0.4) is 0 Å². The van der Waals surface area contributed by atoms with E-state index in [-0.39, 0.29) is 11.3 Å². The molecule has 3 rings (SSSR count). The van der Waals surface area contributed by atoms with Gasteiger partial charge < -0.3 is 15.2 Å². The number of amides is 2. The number of aromatic nitrogens is 3. The van der Waals surface area contributed by atoms with Crippen LogP contribution in [-0.4, -0.2) is 29.2 Å². The number of rotatable bonds is 5. The Morgan fingerprint density at radius 3 is 2.32 bits per heavy atom. The first-order valence-corrected chi connectivity index (χ1v) is 11.4. The monoisotopic (exact) mass is 462 g/mol. The molecular formula is C20H26N6O3S2. The Balaban J connectivity index is 0.000000785. The van der Waals surface area contributed by atoms with Crippen molar-refractivity contribution < 1.29 is 13.2 Å². The zero-order chi connectivity index (χ0) is 23.0. The third-order valence-corrected chi connectivity index (χ3v) is 5.54. The van der Waals surface area contributed by atoms with E-state index in [9.17, 15) is 4.79 Å². The van der Waals surface area contributed by atoms with Crippen molar-refractivity contribution in [1.82, 2.24) is 14.8 Å². The van der Waals surface area contributed by atoms with Crippen LogP contribution in [0, 0.1) is 13.8 Å². The molecule has 11 heteroatoms. The average molecular weight is 463 g/mol. The molecule has 0 aliphatic heterocycles. The highest BCUT2D eigenvalue weighted by atomic mass is 32.2. The van der Waals surface area contributed by atoms with E-state index in [2.05, 4.69) is 32.9 Å². The highest BCUT2D eigenvalue weighted by molar-refractivity contribution is 7.99. The lowest BCUT2D eigenvalue weighted by Gasteiger charge is -2.13.